The summed E-state index contributed by atoms with van der Waals surface area (Å²) >= 11 is 2.42. The monoisotopic (exact) mass is 366 g/mol. The van der Waals surface area contributed by atoms with E-state index in [1.54, 1.807) is 5.32 Å². The zero-order chi connectivity index (χ0) is 16.1. The Balaban J connectivity index is 2.89. The first-order chi connectivity index (χ1) is 9.55. The highest BCUT2D eigenvalue weighted by Crippen LogP contribution is 2.45. The molecule has 0 saturated heterocycles. The van der Waals surface area contributed by atoms with E-state index in [1.807, 2.05) is 0 Å². The fourth-order valence-electron chi connectivity index (χ4n) is 1.75. The van der Waals surface area contributed by atoms with Crippen LogP contribution in [0.4, 0.5) is 24.5 Å². The van der Waals surface area contributed by atoms with Gasteiger partial charge in [0.15, 0.2) is 0 Å². The van der Waals surface area contributed by atoms with Crippen LogP contribution in [0.3, 0.4) is 0 Å². The van der Waals surface area contributed by atoms with Gasteiger partial charge in [0, 0.05) is 0 Å². The topological polar surface area (TPSA) is 106 Å². The van der Waals surface area contributed by atoms with Crippen LogP contribution in [0.15, 0.2) is 10.5 Å². The number of anilines is 1. The van der Waals surface area contributed by atoms with Gasteiger partial charge >= 0.3 is 6.18 Å². The van der Waals surface area contributed by atoms with Crippen molar-refractivity contribution in [2.75, 3.05) is 5.32 Å². The van der Waals surface area contributed by atoms with E-state index in [0.717, 1.165) is 0 Å². The number of nitro benzene ring substituents is 1. The molecule has 1 N–H and O–H groups in total. The molecule has 0 atom stereocenters. The van der Waals surface area contributed by atoms with Crippen molar-refractivity contribution in [1.82, 2.24) is 0 Å². The number of rotatable bonds is 1. The molecular formula is C10H2BrF3N2O5. The molecule has 110 valence electrons. The quantitative estimate of drug-likeness (QED) is 0.465. The second kappa shape index (κ2) is 4.62. The zero-order valence-electron chi connectivity index (χ0n) is 9.58. The van der Waals surface area contributed by atoms with Crippen LogP contribution in [0.1, 0.15) is 15.9 Å². The molecule has 1 aromatic carbocycles. The lowest BCUT2D eigenvalue weighted by molar-refractivity contribution is -0.386. The predicted molar refractivity (Wildman–Crippen MR) is 63.8 cm³/mol. The van der Waals surface area contributed by atoms with E-state index in [9.17, 15) is 37.7 Å². The lowest BCUT2D eigenvalue weighted by Crippen LogP contribution is -2.36. The van der Waals surface area contributed by atoms with Crippen molar-refractivity contribution in [3.8, 4) is 0 Å². The minimum absolute atomic E-state index is 0.356. The smallest absolute Gasteiger partial charge is 0.318 e. The zero-order valence-corrected chi connectivity index (χ0v) is 11.2. The highest BCUT2D eigenvalue weighted by molar-refractivity contribution is 9.10. The molecule has 11 heteroatoms. The number of carbonyl (C=O) groups excluding carboxylic acids is 3. The third-order valence-electron chi connectivity index (χ3n) is 2.61. The number of nitrogens with one attached hydrogen (secondary N) is 1. The molecule has 1 aliphatic rings. The summed E-state index contributed by atoms with van der Waals surface area (Å²) in [6.45, 7) is 0. The van der Waals surface area contributed by atoms with Crippen molar-refractivity contribution in [2.24, 2.45) is 0 Å². The van der Waals surface area contributed by atoms with E-state index >= 15 is 0 Å². The molecule has 1 heterocycles. The summed E-state index contributed by atoms with van der Waals surface area (Å²) in [5.74, 6) is -4.57. The number of ketones is 2. The van der Waals surface area contributed by atoms with Gasteiger partial charge < -0.3 is 5.32 Å². The summed E-state index contributed by atoms with van der Waals surface area (Å²) in [4.78, 5) is 43.7. The molecule has 2 rings (SSSR count). The van der Waals surface area contributed by atoms with Crippen LogP contribution in [0.25, 0.3) is 0 Å². The van der Waals surface area contributed by atoms with Crippen LogP contribution in [-0.2, 0) is 15.8 Å². The predicted octanol–water partition coefficient (Wildman–Crippen LogP) is 2.08. The number of fused-ring (bicyclic) bond motifs is 1. The Labute approximate surface area is 121 Å². The summed E-state index contributed by atoms with van der Waals surface area (Å²) in [7, 11) is 0. The fourth-order valence-corrected chi connectivity index (χ4v) is 2.43. The number of nitro groups is 1. The maximum atomic E-state index is 12.8. The first-order valence-corrected chi connectivity index (χ1v) is 5.83. The van der Waals surface area contributed by atoms with E-state index in [2.05, 4.69) is 15.9 Å². The Kier molecular flexibility index (Phi) is 3.32. The number of hydrogen-bond acceptors (Lipinski definition) is 5. The molecule has 0 radical (unpaired) electrons. The minimum Gasteiger partial charge on any atom is -0.318 e. The largest absolute Gasteiger partial charge is 0.417 e. The summed E-state index contributed by atoms with van der Waals surface area (Å²) in [6, 6.07) is 0.356. The van der Waals surface area contributed by atoms with Crippen molar-refractivity contribution >= 4 is 44.8 Å². The molecule has 1 aliphatic heterocycles. The number of carbonyl (C=O) groups is 3. The van der Waals surface area contributed by atoms with Gasteiger partial charge in [-0.3, -0.25) is 24.5 Å². The third kappa shape index (κ3) is 2.28. The van der Waals surface area contributed by atoms with Gasteiger partial charge in [-0.2, -0.15) is 13.2 Å². The molecular weight excluding hydrogens is 365 g/mol. The molecule has 0 spiro atoms. The van der Waals surface area contributed by atoms with Crippen LogP contribution < -0.4 is 5.32 Å². The molecule has 0 aliphatic carbocycles. The van der Waals surface area contributed by atoms with Gasteiger partial charge in [0.2, 0.25) is 5.78 Å². The average Bonchev–Trinajstić information content (AvgIpc) is 2.34. The van der Waals surface area contributed by atoms with E-state index < -0.39 is 55.5 Å². The number of Topliss-reactive ketones (excluding diaryl/α,β-unsaturated/α-hetero) is 2. The Morgan fingerprint density at radius 3 is 2.24 bits per heavy atom. The van der Waals surface area contributed by atoms with E-state index in [4.69, 9.17) is 0 Å². The number of amides is 1. The second-order valence-corrected chi connectivity index (χ2v) is 4.67. The highest BCUT2D eigenvalue weighted by atomic mass is 79.9. The van der Waals surface area contributed by atoms with Crippen molar-refractivity contribution in [1.29, 1.82) is 0 Å². The number of halogens is 4. The Morgan fingerprint density at radius 1 is 1.19 bits per heavy atom. The SMILES string of the molecule is O=C1Nc2cc(C(F)(F)F)c(Br)c([N+](=O)[O-])c2C(=O)C1=O. The lowest BCUT2D eigenvalue weighted by Gasteiger charge is -2.18. The Bertz CT molecular complexity index is 728. The number of nitrogens with zero attached hydrogens (tertiary/aromatic N) is 1. The first-order valence-electron chi connectivity index (χ1n) is 5.03. The van der Waals surface area contributed by atoms with E-state index in [-0.39, 0.29) is 0 Å². The van der Waals surface area contributed by atoms with Crippen LogP contribution in [0.5, 0.6) is 0 Å². The van der Waals surface area contributed by atoms with Crippen molar-refractivity contribution in [3.63, 3.8) is 0 Å². The Morgan fingerprint density at radius 2 is 1.76 bits per heavy atom. The van der Waals surface area contributed by atoms with E-state index in [0.29, 0.717) is 6.07 Å². The van der Waals surface area contributed by atoms with Crippen molar-refractivity contribution in [2.45, 2.75) is 6.18 Å². The summed E-state index contributed by atoms with van der Waals surface area (Å²) < 4.78 is 37.5. The van der Waals surface area contributed by atoms with Gasteiger partial charge in [-0.15, -0.1) is 0 Å². The van der Waals surface area contributed by atoms with Crippen LogP contribution >= 0.6 is 15.9 Å². The minimum atomic E-state index is -4.96. The number of benzene rings is 1. The third-order valence-corrected chi connectivity index (χ3v) is 3.42. The summed E-state index contributed by atoms with van der Waals surface area (Å²) in [6.07, 6.45) is -4.96. The average molecular weight is 367 g/mol. The van der Waals surface area contributed by atoms with E-state index in [1.165, 1.54) is 0 Å². The van der Waals surface area contributed by atoms with Gasteiger partial charge in [0.1, 0.15) is 10.0 Å². The molecule has 0 saturated carbocycles. The first kappa shape index (κ1) is 15.1. The van der Waals surface area contributed by atoms with Crippen LogP contribution in [-0.4, -0.2) is 22.4 Å². The number of hydrogen-bond donors (Lipinski definition) is 1. The molecule has 7 nitrogen and oxygen atoms in total. The Hall–Kier alpha value is -2.30. The summed E-state index contributed by atoms with van der Waals surface area (Å²) in [5, 5.41) is 12.7. The molecule has 0 aromatic heterocycles. The van der Waals surface area contributed by atoms with Gasteiger partial charge in [-0.1, -0.05) is 0 Å². The summed E-state index contributed by atoms with van der Waals surface area (Å²) in [5.41, 5.74) is -4.29. The number of alkyl halides is 3. The van der Waals surface area contributed by atoms with Crippen LogP contribution in [0.2, 0.25) is 0 Å². The fraction of sp³-hybridized carbons (Fsp3) is 0.100. The molecule has 0 unspecified atom stereocenters. The van der Waals surface area contributed by atoms with Crippen molar-refractivity contribution in [3.05, 3.63) is 31.8 Å². The van der Waals surface area contributed by atoms with Gasteiger partial charge in [-0.25, -0.2) is 0 Å². The van der Waals surface area contributed by atoms with Gasteiger partial charge in [-0.05, 0) is 22.0 Å². The van der Waals surface area contributed by atoms with Gasteiger partial charge in [0.25, 0.3) is 17.4 Å². The molecule has 0 fully saturated rings. The maximum Gasteiger partial charge on any atom is 0.417 e. The lowest BCUT2D eigenvalue weighted by atomic mass is 9.96. The second-order valence-electron chi connectivity index (χ2n) is 3.88. The molecule has 1 amide bonds. The maximum absolute atomic E-state index is 12.8. The van der Waals surface area contributed by atoms with Crippen molar-refractivity contribution < 1.29 is 32.5 Å². The molecule has 21 heavy (non-hydrogen) atoms. The standard InChI is InChI=1S/C10H2BrF3N2O5/c11-5-2(10(12,13)14)1-3-4(6(5)16(20)21)7(17)8(18)9(19)15-3/h1H,(H,15,19). The molecule has 1 aromatic rings. The van der Waals surface area contributed by atoms with Crippen LogP contribution in [0, 0.1) is 10.1 Å². The van der Waals surface area contributed by atoms with Gasteiger partial charge in [0.05, 0.1) is 16.2 Å². The highest BCUT2D eigenvalue weighted by Gasteiger charge is 2.44. The normalized spacial score (nSPS) is 14.8. The molecule has 0 bridgehead atoms.